The van der Waals surface area contributed by atoms with Gasteiger partial charge in [0.05, 0.1) is 19.7 Å². The quantitative estimate of drug-likeness (QED) is 0.548. The van der Waals surface area contributed by atoms with Gasteiger partial charge in [-0.3, -0.25) is 0 Å². The standard InChI is InChI=1S/C8H17NO2/c1-4-9(5-2)7-8(10)11-6-3/h4-7H2,1-3H3/p+1. The lowest BCUT2D eigenvalue weighted by atomic mass is 10.5. The fourth-order valence-corrected chi connectivity index (χ4v) is 0.916. The molecule has 0 spiro atoms. The van der Waals surface area contributed by atoms with Gasteiger partial charge in [0.1, 0.15) is 0 Å². The summed E-state index contributed by atoms with van der Waals surface area (Å²) in [5.74, 6) is -0.0915. The molecule has 66 valence electrons. The predicted octanol–water partition coefficient (Wildman–Crippen LogP) is -0.526. The van der Waals surface area contributed by atoms with Gasteiger partial charge in [-0.1, -0.05) is 0 Å². The number of nitrogens with one attached hydrogen (secondary N) is 1. The van der Waals surface area contributed by atoms with E-state index in [4.69, 9.17) is 4.74 Å². The Balaban J connectivity index is 3.54. The van der Waals surface area contributed by atoms with Gasteiger partial charge in [0, 0.05) is 0 Å². The minimum absolute atomic E-state index is 0.0915. The summed E-state index contributed by atoms with van der Waals surface area (Å²) in [6, 6.07) is 0. The molecule has 0 saturated heterocycles. The Morgan fingerprint density at radius 2 is 1.82 bits per heavy atom. The predicted molar refractivity (Wildman–Crippen MR) is 43.5 cm³/mol. The highest BCUT2D eigenvalue weighted by molar-refractivity contribution is 5.70. The number of carbonyl (C=O) groups is 1. The zero-order chi connectivity index (χ0) is 8.69. The molecule has 0 aliphatic rings. The van der Waals surface area contributed by atoms with E-state index in [2.05, 4.69) is 13.8 Å². The maximum absolute atomic E-state index is 10.9. The molecule has 0 radical (unpaired) electrons. The molecule has 3 heteroatoms. The largest absolute Gasteiger partial charge is 0.462 e. The van der Waals surface area contributed by atoms with Crippen molar-refractivity contribution in [3.8, 4) is 0 Å². The number of carbonyl (C=O) groups excluding carboxylic acids is 1. The first-order valence-electron chi connectivity index (χ1n) is 4.23. The highest BCUT2D eigenvalue weighted by Crippen LogP contribution is 1.71. The number of quaternary nitrogens is 1. The molecule has 0 aromatic heterocycles. The first-order chi connectivity index (χ1) is 5.24. The number of rotatable bonds is 5. The molecule has 0 heterocycles. The number of hydrogen-bond acceptors (Lipinski definition) is 2. The molecular weight excluding hydrogens is 142 g/mol. The van der Waals surface area contributed by atoms with Gasteiger partial charge in [-0.25, -0.2) is 4.79 Å². The van der Waals surface area contributed by atoms with Crippen LogP contribution in [0, 0.1) is 0 Å². The Bertz CT molecular complexity index is 111. The van der Waals surface area contributed by atoms with Crippen LogP contribution in [0.1, 0.15) is 20.8 Å². The van der Waals surface area contributed by atoms with Gasteiger partial charge >= 0.3 is 5.97 Å². The molecule has 0 bridgehead atoms. The Morgan fingerprint density at radius 3 is 2.18 bits per heavy atom. The van der Waals surface area contributed by atoms with Gasteiger partial charge in [-0.15, -0.1) is 0 Å². The normalized spacial score (nSPS) is 10.2. The van der Waals surface area contributed by atoms with E-state index in [-0.39, 0.29) is 5.97 Å². The van der Waals surface area contributed by atoms with Gasteiger partial charge in [-0.2, -0.15) is 0 Å². The molecular formula is C8H18NO2+. The fraction of sp³-hybridized carbons (Fsp3) is 0.875. The van der Waals surface area contributed by atoms with Crippen molar-refractivity contribution >= 4 is 5.97 Å². The Kier molecular flexibility index (Phi) is 5.84. The summed E-state index contributed by atoms with van der Waals surface area (Å²) in [5, 5.41) is 0. The molecule has 0 saturated carbocycles. The monoisotopic (exact) mass is 160 g/mol. The van der Waals surface area contributed by atoms with Crippen LogP contribution in [0.3, 0.4) is 0 Å². The van der Waals surface area contributed by atoms with Gasteiger partial charge in [0.25, 0.3) is 0 Å². The van der Waals surface area contributed by atoms with Crippen molar-refractivity contribution in [2.75, 3.05) is 26.2 Å². The minimum Gasteiger partial charge on any atom is -0.462 e. The summed E-state index contributed by atoms with van der Waals surface area (Å²) in [6.07, 6.45) is 0. The van der Waals surface area contributed by atoms with Crippen molar-refractivity contribution in [3.63, 3.8) is 0 Å². The van der Waals surface area contributed by atoms with Crippen molar-refractivity contribution in [1.82, 2.24) is 0 Å². The van der Waals surface area contributed by atoms with Crippen molar-refractivity contribution in [3.05, 3.63) is 0 Å². The van der Waals surface area contributed by atoms with Crippen LogP contribution in [0.2, 0.25) is 0 Å². The second-order valence-electron chi connectivity index (χ2n) is 2.44. The maximum atomic E-state index is 10.9. The van der Waals surface area contributed by atoms with Crippen LogP contribution in [0.4, 0.5) is 0 Å². The van der Waals surface area contributed by atoms with Crippen molar-refractivity contribution in [2.24, 2.45) is 0 Å². The van der Waals surface area contributed by atoms with Crippen molar-refractivity contribution < 1.29 is 14.4 Å². The van der Waals surface area contributed by atoms with Crippen LogP contribution in [-0.4, -0.2) is 32.2 Å². The van der Waals surface area contributed by atoms with Crippen LogP contribution >= 0.6 is 0 Å². The smallest absolute Gasteiger partial charge is 0.361 e. The third-order valence-electron chi connectivity index (χ3n) is 1.70. The van der Waals surface area contributed by atoms with Gasteiger partial charge < -0.3 is 9.64 Å². The van der Waals surface area contributed by atoms with E-state index >= 15 is 0 Å². The lowest BCUT2D eigenvalue weighted by molar-refractivity contribution is -0.888. The third kappa shape index (κ3) is 4.79. The third-order valence-corrected chi connectivity index (χ3v) is 1.70. The summed E-state index contributed by atoms with van der Waals surface area (Å²) >= 11 is 0. The second-order valence-corrected chi connectivity index (χ2v) is 2.44. The molecule has 0 atom stereocenters. The Hall–Kier alpha value is -0.570. The first kappa shape index (κ1) is 10.4. The summed E-state index contributed by atoms with van der Waals surface area (Å²) < 4.78 is 4.82. The SMILES string of the molecule is CCOC(=O)C[NH+](CC)CC. The van der Waals surface area contributed by atoms with Crippen LogP contribution in [0.25, 0.3) is 0 Å². The molecule has 0 rings (SSSR count). The average molecular weight is 160 g/mol. The molecule has 0 unspecified atom stereocenters. The highest BCUT2D eigenvalue weighted by Gasteiger charge is 2.09. The van der Waals surface area contributed by atoms with Gasteiger partial charge in [0.15, 0.2) is 6.54 Å². The van der Waals surface area contributed by atoms with Crippen molar-refractivity contribution in [1.29, 1.82) is 0 Å². The molecule has 0 aromatic carbocycles. The minimum atomic E-state index is -0.0915. The molecule has 0 aliphatic carbocycles. The lowest BCUT2D eigenvalue weighted by Crippen LogP contribution is -3.12. The molecule has 0 aliphatic heterocycles. The summed E-state index contributed by atoms with van der Waals surface area (Å²) in [6.45, 7) is 8.91. The molecule has 0 aromatic rings. The number of likely N-dealkylation sites (N-methyl/N-ethyl adjacent to an activating group) is 1. The molecule has 0 fully saturated rings. The molecule has 0 amide bonds. The summed E-state index contributed by atoms with van der Waals surface area (Å²) in [4.78, 5) is 12.2. The highest BCUT2D eigenvalue weighted by atomic mass is 16.5. The number of esters is 1. The summed E-state index contributed by atoms with van der Waals surface area (Å²) in [5.41, 5.74) is 0. The number of ether oxygens (including phenoxy) is 1. The van der Waals surface area contributed by atoms with E-state index in [9.17, 15) is 4.79 Å². The zero-order valence-corrected chi connectivity index (χ0v) is 7.64. The maximum Gasteiger partial charge on any atom is 0.361 e. The Labute approximate surface area is 68.3 Å². The topological polar surface area (TPSA) is 30.7 Å². The Morgan fingerprint density at radius 1 is 1.27 bits per heavy atom. The lowest BCUT2D eigenvalue weighted by Gasteiger charge is -2.13. The van der Waals surface area contributed by atoms with E-state index in [0.717, 1.165) is 13.1 Å². The van der Waals surface area contributed by atoms with Crippen molar-refractivity contribution in [2.45, 2.75) is 20.8 Å². The van der Waals surface area contributed by atoms with E-state index in [1.165, 1.54) is 4.90 Å². The van der Waals surface area contributed by atoms with Crippen LogP contribution in [0.15, 0.2) is 0 Å². The van der Waals surface area contributed by atoms with Crippen LogP contribution < -0.4 is 4.90 Å². The molecule has 3 nitrogen and oxygen atoms in total. The van der Waals surface area contributed by atoms with E-state index < -0.39 is 0 Å². The number of hydrogen-bond donors (Lipinski definition) is 1. The van der Waals surface area contributed by atoms with E-state index in [0.29, 0.717) is 13.2 Å². The van der Waals surface area contributed by atoms with Gasteiger partial charge in [0.2, 0.25) is 0 Å². The fourth-order valence-electron chi connectivity index (χ4n) is 0.916. The van der Waals surface area contributed by atoms with Crippen LogP contribution in [0.5, 0.6) is 0 Å². The first-order valence-corrected chi connectivity index (χ1v) is 4.23. The van der Waals surface area contributed by atoms with E-state index in [1.807, 2.05) is 6.92 Å². The molecule has 11 heavy (non-hydrogen) atoms. The van der Waals surface area contributed by atoms with E-state index in [1.54, 1.807) is 0 Å². The molecule has 1 N–H and O–H groups in total. The van der Waals surface area contributed by atoms with Crippen LogP contribution in [-0.2, 0) is 9.53 Å². The summed E-state index contributed by atoms with van der Waals surface area (Å²) in [7, 11) is 0. The van der Waals surface area contributed by atoms with Gasteiger partial charge in [-0.05, 0) is 20.8 Å². The average Bonchev–Trinajstić information content (AvgIpc) is 2.01. The second kappa shape index (κ2) is 6.16. The zero-order valence-electron chi connectivity index (χ0n) is 7.64.